The Bertz CT molecular complexity index is 630. The van der Waals surface area contributed by atoms with E-state index in [2.05, 4.69) is 34.6 Å². The number of epoxide rings is 1. The molecule has 0 aromatic heterocycles. The zero-order valence-electron chi connectivity index (χ0n) is 19.8. The van der Waals surface area contributed by atoms with E-state index in [-0.39, 0.29) is 11.7 Å². The number of ether oxygens (including phenoxy) is 1. The molecule has 1 heterocycles. The van der Waals surface area contributed by atoms with Crippen molar-refractivity contribution in [3.8, 4) is 0 Å². The Balaban J connectivity index is 1.33. The summed E-state index contributed by atoms with van der Waals surface area (Å²) in [6.07, 6.45) is 14.8. The maximum atomic E-state index is 10.4. The first-order valence-corrected chi connectivity index (χ1v) is 13.1. The highest BCUT2D eigenvalue weighted by Crippen LogP contribution is 2.74. The van der Waals surface area contributed by atoms with E-state index in [4.69, 9.17) is 4.74 Å². The average Bonchev–Trinajstić information content (AvgIpc) is 3.22. The lowest BCUT2D eigenvalue weighted by Crippen LogP contribution is -2.58. The van der Waals surface area contributed by atoms with E-state index in [0.29, 0.717) is 16.9 Å². The van der Waals surface area contributed by atoms with E-state index in [9.17, 15) is 5.11 Å². The predicted octanol–water partition coefficient (Wildman–Crippen LogP) is 6.60. The van der Waals surface area contributed by atoms with E-state index in [1.165, 1.54) is 57.8 Å². The first kappa shape index (κ1) is 20.8. The summed E-state index contributed by atoms with van der Waals surface area (Å²) in [4.78, 5) is 0. The van der Waals surface area contributed by atoms with Crippen LogP contribution in [0.15, 0.2) is 0 Å². The van der Waals surface area contributed by atoms with Gasteiger partial charge in [0.2, 0.25) is 0 Å². The molecule has 1 N–H and O–H groups in total. The molecule has 10 atom stereocenters. The smallest absolute Gasteiger partial charge is 0.103 e. The Morgan fingerprint density at radius 1 is 0.966 bits per heavy atom. The maximum absolute atomic E-state index is 10.4. The normalized spacial score (nSPS) is 54.3. The minimum atomic E-state index is -0.124. The lowest BCUT2D eigenvalue weighted by molar-refractivity contribution is -0.116. The van der Waals surface area contributed by atoms with E-state index in [1.54, 1.807) is 0 Å². The Morgan fingerprint density at radius 2 is 1.76 bits per heavy atom. The summed E-state index contributed by atoms with van der Waals surface area (Å²) in [5.74, 6) is 5.31. The van der Waals surface area contributed by atoms with Crippen LogP contribution in [0.25, 0.3) is 0 Å². The second-order valence-electron chi connectivity index (χ2n) is 13.0. The van der Waals surface area contributed by atoms with Crippen LogP contribution in [0, 0.1) is 46.3 Å². The zero-order chi connectivity index (χ0) is 20.6. The maximum Gasteiger partial charge on any atom is 0.103 e. The molecule has 7 unspecified atom stereocenters. The highest BCUT2D eigenvalue weighted by atomic mass is 16.6. The molecular formula is C27H46O2. The lowest BCUT2D eigenvalue weighted by Gasteiger charge is -2.59. The minimum absolute atomic E-state index is 0.0434. The highest BCUT2D eigenvalue weighted by Gasteiger charge is 2.76. The zero-order valence-corrected chi connectivity index (χ0v) is 19.8. The second kappa shape index (κ2) is 6.96. The summed E-state index contributed by atoms with van der Waals surface area (Å²) < 4.78 is 6.51. The molecule has 0 aromatic rings. The van der Waals surface area contributed by atoms with Gasteiger partial charge in [0.15, 0.2) is 0 Å². The summed E-state index contributed by atoms with van der Waals surface area (Å²) in [6.45, 7) is 12.6. The highest BCUT2D eigenvalue weighted by molar-refractivity contribution is 5.24. The number of fused-ring (bicyclic) bond motifs is 4. The van der Waals surface area contributed by atoms with Crippen LogP contribution >= 0.6 is 0 Å². The molecule has 4 aliphatic carbocycles. The van der Waals surface area contributed by atoms with Crippen LogP contribution in [-0.4, -0.2) is 22.9 Å². The molecule has 166 valence electrons. The summed E-state index contributed by atoms with van der Waals surface area (Å²) in [5, 5.41) is 10.4. The van der Waals surface area contributed by atoms with E-state index >= 15 is 0 Å². The second-order valence-corrected chi connectivity index (χ2v) is 13.0. The number of aliphatic hydroxyl groups excluding tert-OH is 1. The fourth-order valence-electron chi connectivity index (χ4n) is 9.68. The van der Waals surface area contributed by atoms with Gasteiger partial charge in [0.25, 0.3) is 0 Å². The van der Waals surface area contributed by atoms with Gasteiger partial charge in [-0.15, -0.1) is 0 Å². The van der Waals surface area contributed by atoms with Gasteiger partial charge in [0.05, 0.1) is 12.2 Å². The quantitative estimate of drug-likeness (QED) is 0.525. The van der Waals surface area contributed by atoms with Crippen LogP contribution in [0.3, 0.4) is 0 Å². The van der Waals surface area contributed by atoms with Gasteiger partial charge in [-0.3, -0.25) is 0 Å². The molecule has 0 bridgehead atoms. The largest absolute Gasteiger partial charge is 0.393 e. The predicted molar refractivity (Wildman–Crippen MR) is 119 cm³/mol. The molecule has 0 amide bonds. The lowest BCUT2D eigenvalue weighted by atomic mass is 9.44. The minimum Gasteiger partial charge on any atom is -0.393 e. The van der Waals surface area contributed by atoms with E-state index in [1.807, 2.05) is 0 Å². The molecule has 4 saturated carbocycles. The van der Waals surface area contributed by atoms with Gasteiger partial charge < -0.3 is 9.84 Å². The van der Waals surface area contributed by atoms with E-state index < -0.39 is 0 Å². The van der Waals surface area contributed by atoms with Crippen LogP contribution in [0.2, 0.25) is 0 Å². The third-order valence-corrected chi connectivity index (χ3v) is 11.3. The first-order chi connectivity index (χ1) is 13.7. The van der Waals surface area contributed by atoms with Crippen molar-refractivity contribution in [2.24, 2.45) is 46.3 Å². The van der Waals surface area contributed by atoms with Crippen molar-refractivity contribution < 1.29 is 9.84 Å². The molecule has 0 radical (unpaired) electrons. The summed E-state index contributed by atoms with van der Waals surface area (Å²) in [5.41, 5.74) is 0.932. The Morgan fingerprint density at radius 3 is 2.52 bits per heavy atom. The third kappa shape index (κ3) is 2.94. The fraction of sp³-hybridized carbons (Fsp3) is 1.00. The van der Waals surface area contributed by atoms with Crippen molar-refractivity contribution in [2.45, 2.75) is 123 Å². The Labute approximate surface area is 179 Å². The Hall–Kier alpha value is -0.0800. The molecule has 5 aliphatic rings. The van der Waals surface area contributed by atoms with Gasteiger partial charge in [-0.25, -0.2) is 0 Å². The van der Waals surface area contributed by atoms with Crippen LogP contribution < -0.4 is 0 Å². The van der Waals surface area contributed by atoms with Crippen molar-refractivity contribution >= 4 is 0 Å². The molecule has 0 aromatic carbocycles. The van der Waals surface area contributed by atoms with E-state index in [0.717, 1.165) is 48.3 Å². The van der Waals surface area contributed by atoms with Gasteiger partial charge in [0.1, 0.15) is 5.60 Å². The number of aliphatic hydroxyl groups is 1. The van der Waals surface area contributed by atoms with Crippen molar-refractivity contribution in [3.63, 3.8) is 0 Å². The Kier molecular flexibility index (Phi) is 4.99. The third-order valence-electron chi connectivity index (χ3n) is 11.3. The van der Waals surface area contributed by atoms with Crippen molar-refractivity contribution in [1.82, 2.24) is 0 Å². The molecule has 1 aliphatic heterocycles. The van der Waals surface area contributed by atoms with Crippen LogP contribution in [0.5, 0.6) is 0 Å². The summed E-state index contributed by atoms with van der Waals surface area (Å²) in [7, 11) is 0. The van der Waals surface area contributed by atoms with Gasteiger partial charge >= 0.3 is 0 Å². The molecular weight excluding hydrogens is 356 g/mol. The standard InChI is InChI=1S/C27H46O2/c1-17(2)7-6-8-18(3)21-9-10-22-20-15-24-27(29-24)16-19(28)11-14-26(27,5)23(20)12-13-25(21,22)4/h17-24,28H,6-16H2,1-5H3/t18?,19?,20?,21?,22-,23?,24+,25?,26?,27+/m1/s1. The van der Waals surface area contributed by atoms with Crippen LogP contribution in [0.4, 0.5) is 0 Å². The van der Waals surface area contributed by atoms with Crippen LogP contribution in [-0.2, 0) is 4.74 Å². The van der Waals surface area contributed by atoms with Gasteiger partial charge in [-0.05, 0) is 85.9 Å². The summed E-state index contributed by atoms with van der Waals surface area (Å²) in [6, 6.07) is 0. The number of hydrogen-bond acceptors (Lipinski definition) is 2. The molecule has 5 rings (SSSR count). The average molecular weight is 403 g/mol. The van der Waals surface area contributed by atoms with Crippen molar-refractivity contribution in [2.75, 3.05) is 0 Å². The molecule has 1 saturated heterocycles. The van der Waals surface area contributed by atoms with Gasteiger partial charge in [-0.2, -0.15) is 0 Å². The molecule has 2 nitrogen and oxygen atoms in total. The van der Waals surface area contributed by atoms with Gasteiger partial charge in [0, 0.05) is 11.8 Å². The summed E-state index contributed by atoms with van der Waals surface area (Å²) >= 11 is 0. The molecule has 29 heavy (non-hydrogen) atoms. The topological polar surface area (TPSA) is 32.8 Å². The van der Waals surface area contributed by atoms with Crippen LogP contribution in [0.1, 0.15) is 105 Å². The monoisotopic (exact) mass is 402 g/mol. The van der Waals surface area contributed by atoms with Gasteiger partial charge in [-0.1, -0.05) is 53.9 Å². The van der Waals surface area contributed by atoms with Crippen molar-refractivity contribution in [1.29, 1.82) is 0 Å². The molecule has 1 spiro atoms. The van der Waals surface area contributed by atoms with Crippen molar-refractivity contribution in [3.05, 3.63) is 0 Å². The fourth-order valence-corrected chi connectivity index (χ4v) is 9.68. The first-order valence-electron chi connectivity index (χ1n) is 13.1. The number of hydrogen-bond donors (Lipinski definition) is 1. The molecule has 5 fully saturated rings. The molecule has 2 heteroatoms. The SMILES string of the molecule is CC(C)CCCC(C)C1CC[C@@H]2C3C[C@@H]4O[C@@]45CC(O)CCC5(C)C3CCC12C. The number of rotatable bonds is 5.